The molecule has 0 aliphatic heterocycles. The van der Waals surface area contributed by atoms with Gasteiger partial charge in [0.15, 0.2) is 0 Å². The Kier molecular flexibility index (Phi) is 9.32. The maximum atomic E-state index is 11.7. The highest BCUT2D eigenvalue weighted by molar-refractivity contribution is 5.87. The number of ether oxygens (including phenoxy) is 1. The molecule has 0 fully saturated rings. The van der Waals surface area contributed by atoms with Crippen LogP contribution in [0.15, 0.2) is 23.8 Å². The number of carbonyl (C=O) groups is 2. The van der Waals surface area contributed by atoms with Crippen molar-refractivity contribution in [3.63, 3.8) is 0 Å². The largest absolute Gasteiger partial charge is 0.481 e. The van der Waals surface area contributed by atoms with Crippen LogP contribution >= 0.6 is 0 Å². The number of aliphatic carboxylic acids is 1. The fourth-order valence-corrected chi connectivity index (χ4v) is 1.43. The lowest BCUT2D eigenvalue weighted by atomic mass is 10.1. The van der Waals surface area contributed by atoms with Crippen molar-refractivity contribution >= 4 is 11.9 Å². The first-order valence-electron chi connectivity index (χ1n) is 6.97. The maximum absolute atomic E-state index is 11.7. The molecule has 0 saturated carbocycles. The van der Waals surface area contributed by atoms with Crippen molar-refractivity contribution in [3.8, 4) is 0 Å². The second-order valence-corrected chi connectivity index (χ2v) is 4.95. The van der Waals surface area contributed by atoms with Crippen LogP contribution in [0.1, 0.15) is 33.6 Å². The zero-order valence-electron chi connectivity index (χ0n) is 13.0. The standard InChI is InChI=1S/C15H24O7/c1-4-9(2)15(21)22-13(7-8-14(19)20)12(18)6-5-11(17)10(3)16/h4-6,10-13,16-18H,7-8H2,1-3H3,(H,19,20)/b6-5-,9-4+. The van der Waals surface area contributed by atoms with Gasteiger partial charge in [0.05, 0.1) is 12.2 Å². The van der Waals surface area contributed by atoms with Crippen LogP contribution < -0.4 is 0 Å². The molecule has 0 bridgehead atoms. The second-order valence-electron chi connectivity index (χ2n) is 4.95. The van der Waals surface area contributed by atoms with E-state index in [1.54, 1.807) is 6.92 Å². The summed E-state index contributed by atoms with van der Waals surface area (Å²) >= 11 is 0. The van der Waals surface area contributed by atoms with E-state index in [-0.39, 0.29) is 12.8 Å². The molecular formula is C15H24O7. The molecule has 126 valence electrons. The first-order valence-corrected chi connectivity index (χ1v) is 6.97. The maximum Gasteiger partial charge on any atom is 0.333 e. The quantitative estimate of drug-likeness (QED) is 0.275. The molecule has 0 aliphatic rings. The number of aliphatic hydroxyl groups is 3. The van der Waals surface area contributed by atoms with E-state index in [1.165, 1.54) is 32.1 Å². The van der Waals surface area contributed by atoms with Gasteiger partial charge in [-0.05, 0) is 27.2 Å². The highest BCUT2D eigenvalue weighted by Crippen LogP contribution is 2.13. The number of esters is 1. The minimum atomic E-state index is -1.29. The summed E-state index contributed by atoms with van der Waals surface area (Å²) in [5, 5.41) is 37.3. The molecule has 0 aromatic rings. The summed E-state index contributed by atoms with van der Waals surface area (Å²) in [7, 11) is 0. The SMILES string of the molecule is C/C=C(\C)C(=O)OC(CCC(=O)O)C(O)/C=C\C(O)C(C)O. The van der Waals surface area contributed by atoms with E-state index < -0.39 is 36.4 Å². The summed E-state index contributed by atoms with van der Waals surface area (Å²) < 4.78 is 5.09. The van der Waals surface area contributed by atoms with E-state index in [9.17, 15) is 19.8 Å². The van der Waals surface area contributed by atoms with Gasteiger partial charge in [0.25, 0.3) is 0 Å². The molecule has 0 saturated heterocycles. The van der Waals surface area contributed by atoms with Gasteiger partial charge in [-0.2, -0.15) is 0 Å². The third-order valence-corrected chi connectivity index (χ3v) is 3.04. The van der Waals surface area contributed by atoms with Crippen LogP contribution in [0.2, 0.25) is 0 Å². The Morgan fingerprint density at radius 3 is 2.14 bits per heavy atom. The molecule has 0 spiro atoms. The van der Waals surface area contributed by atoms with Gasteiger partial charge < -0.3 is 25.2 Å². The second kappa shape index (κ2) is 10.1. The first-order chi connectivity index (χ1) is 10.2. The highest BCUT2D eigenvalue weighted by Gasteiger charge is 2.23. The van der Waals surface area contributed by atoms with Crippen molar-refractivity contribution in [2.45, 2.75) is 58.0 Å². The van der Waals surface area contributed by atoms with Crippen molar-refractivity contribution < 1.29 is 34.8 Å². The number of carboxylic acid groups (broad SMARTS) is 1. The molecule has 0 radical (unpaired) electrons. The van der Waals surface area contributed by atoms with Crippen LogP contribution in [0.5, 0.6) is 0 Å². The summed E-state index contributed by atoms with van der Waals surface area (Å²) in [6.45, 7) is 4.56. The van der Waals surface area contributed by atoms with Gasteiger partial charge in [0.1, 0.15) is 12.2 Å². The first kappa shape index (κ1) is 20.3. The number of hydrogen-bond donors (Lipinski definition) is 4. The van der Waals surface area contributed by atoms with Crippen LogP contribution in [0.3, 0.4) is 0 Å². The smallest absolute Gasteiger partial charge is 0.333 e. The Bertz CT molecular complexity index is 426. The molecule has 0 amide bonds. The lowest BCUT2D eigenvalue weighted by Gasteiger charge is -2.21. The average molecular weight is 316 g/mol. The van der Waals surface area contributed by atoms with E-state index in [2.05, 4.69) is 0 Å². The Hall–Kier alpha value is -1.70. The minimum Gasteiger partial charge on any atom is -0.481 e. The number of aliphatic hydroxyl groups excluding tert-OH is 3. The van der Waals surface area contributed by atoms with Crippen LogP contribution in [-0.4, -0.2) is 56.8 Å². The molecule has 0 aliphatic carbocycles. The lowest BCUT2D eigenvalue weighted by molar-refractivity contribution is -0.151. The Labute approximate surface area is 129 Å². The van der Waals surface area contributed by atoms with Crippen molar-refractivity contribution in [3.05, 3.63) is 23.8 Å². The number of hydrogen-bond acceptors (Lipinski definition) is 6. The zero-order valence-corrected chi connectivity index (χ0v) is 13.0. The van der Waals surface area contributed by atoms with Gasteiger partial charge in [-0.15, -0.1) is 0 Å². The number of carbonyl (C=O) groups excluding carboxylic acids is 1. The molecule has 0 rings (SSSR count). The molecule has 4 unspecified atom stereocenters. The number of rotatable bonds is 9. The topological polar surface area (TPSA) is 124 Å². The third-order valence-electron chi connectivity index (χ3n) is 3.04. The normalized spacial score (nSPS) is 17.8. The predicted molar refractivity (Wildman–Crippen MR) is 79.0 cm³/mol. The lowest BCUT2D eigenvalue weighted by Crippen LogP contribution is -2.31. The molecular weight excluding hydrogens is 292 g/mol. The van der Waals surface area contributed by atoms with Gasteiger partial charge in [-0.1, -0.05) is 18.2 Å². The Balaban J connectivity index is 4.90. The summed E-state index contributed by atoms with van der Waals surface area (Å²) in [6.07, 6.45) is -1.03. The van der Waals surface area contributed by atoms with Crippen molar-refractivity contribution in [2.24, 2.45) is 0 Å². The molecule has 7 heteroatoms. The molecule has 4 atom stereocenters. The van der Waals surface area contributed by atoms with E-state index in [0.29, 0.717) is 5.57 Å². The van der Waals surface area contributed by atoms with Crippen LogP contribution in [0.25, 0.3) is 0 Å². The minimum absolute atomic E-state index is 0.0751. The molecule has 4 N–H and O–H groups in total. The van der Waals surface area contributed by atoms with Crippen molar-refractivity contribution in [2.75, 3.05) is 0 Å². The van der Waals surface area contributed by atoms with E-state index in [0.717, 1.165) is 0 Å². The third kappa shape index (κ3) is 7.92. The van der Waals surface area contributed by atoms with E-state index >= 15 is 0 Å². The van der Waals surface area contributed by atoms with Crippen LogP contribution in [0, 0.1) is 0 Å². The van der Waals surface area contributed by atoms with Crippen LogP contribution in [0.4, 0.5) is 0 Å². The molecule has 22 heavy (non-hydrogen) atoms. The fraction of sp³-hybridized carbons (Fsp3) is 0.600. The van der Waals surface area contributed by atoms with Gasteiger partial charge in [0.2, 0.25) is 0 Å². The van der Waals surface area contributed by atoms with Gasteiger partial charge in [0, 0.05) is 12.0 Å². The van der Waals surface area contributed by atoms with E-state index in [4.69, 9.17) is 14.9 Å². The molecule has 0 heterocycles. The molecule has 7 nitrogen and oxygen atoms in total. The van der Waals surface area contributed by atoms with E-state index in [1.807, 2.05) is 0 Å². The van der Waals surface area contributed by atoms with Gasteiger partial charge in [-0.25, -0.2) is 4.79 Å². The average Bonchev–Trinajstić information content (AvgIpc) is 2.46. The number of allylic oxidation sites excluding steroid dienone is 1. The molecule has 0 aromatic carbocycles. The summed E-state index contributed by atoms with van der Waals surface area (Å²) in [4.78, 5) is 22.4. The summed E-state index contributed by atoms with van der Waals surface area (Å²) in [5.41, 5.74) is 0.334. The fourth-order valence-electron chi connectivity index (χ4n) is 1.43. The van der Waals surface area contributed by atoms with Gasteiger partial charge in [-0.3, -0.25) is 4.79 Å². The highest BCUT2D eigenvalue weighted by atomic mass is 16.6. The Morgan fingerprint density at radius 1 is 1.14 bits per heavy atom. The number of carboxylic acids is 1. The summed E-state index contributed by atoms with van der Waals surface area (Å²) in [5.74, 6) is -1.73. The van der Waals surface area contributed by atoms with Crippen molar-refractivity contribution in [1.29, 1.82) is 0 Å². The Morgan fingerprint density at radius 2 is 1.68 bits per heavy atom. The molecule has 0 aromatic heterocycles. The van der Waals surface area contributed by atoms with Crippen molar-refractivity contribution in [1.82, 2.24) is 0 Å². The summed E-state index contributed by atoms with van der Waals surface area (Å²) in [6, 6.07) is 0. The predicted octanol–water partition coefficient (Wildman–Crippen LogP) is 0.388. The van der Waals surface area contributed by atoms with Crippen LogP contribution in [-0.2, 0) is 14.3 Å². The van der Waals surface area contributed by atoms with Gasteiger partial charge >= 0.3 is 11.9 Å². The zero-order chi connectivity index (χ0) is 17.3. The monoisotopic (exact) mass is 316 g/mol.